The van der Waals surface area contributed by atoms with Crippen LogP contribution in [0.3, 0.4) is 0 Å². The van der Waals surface area contributed by atoms with Crippen LogP contribution in [0, 0.1) is 0 Å². The Balaban J connectivity index is 1.72. The summed E-state index contributed by atoms with van der Waals surface area (Å²) in [6, 6.07) is 10.9. The van der Waals surface area contributed by atoms with Crippen LogP contribution >= 0.6 is 0 Å². The molecular weight excluding hydrogens is 280 g/mol. The fraction of sp³-hybridized carbons (Fsp3) is 0.727. The van der Waals surface area contributed by atoms with E-state index in [1.165, 1.54) is 89.0 Å². The molecule has 0 N–H and O–H groups in total. The highest BCUT2D eigenvalue weighted by Crippen LogP contribution is 2.13. The van der Waals surface area contributed by atoms with Crippen molar-refractivity contribution in [2.24, 2.45) is 0 Å². The molecule has 1 aromatic carbocycles. The maximum Gasteiger partial charge on any atom is 0.0822 e. The smallest absolute Gasteiger partial charge is 0.0822 e. The molecule has 0 aliphatic heterocycles. The van der Waals surface area contributed by atoms with Crippen molar-refractivity contribution in [1.82, 2.24) is 0 Å². The van der Waals surface area contributed by atoms with Gasteiger partial charge >= 0.3 is 0 Å². The molecule has 0 heterocycles. The molecule has 0 fully saturated rings. The van der Waals surface area contributed by atoms with Crippen LogP contribution in [0.5, 0.6) is 0 Å². The molecule has 0 aliphatic rings. The second-order valence-electron chi connectivity index (χ2n) is 6.89. The number of hydrogen-bond acceptors (Lipinski definition) is 0. The highest BCUT2D eigenvalue weighted by atomic mass is 16.2. The Morgan fingerprint density at radius 1 is 0.478 bits per heavy atom. The van der Waals surface area contributed by atoms with Gasteiger partial charge in [0.05, 0.1) is 6.61 Å². The van der Waals surface area contributed by atoms with E-state index in [4.69, 9.17) is 0 Å². The van der Waals surface area contributed by atoms with Gasteiger partial charge < -0.3 is 0 Å². The zero-order chi connectivity index (χ0) is 16.4. The van der Waals surface area contributed by atoms with E-state index in [1.54, 1.807) is 0 Å². The van der Waals surface area contributed by atoms with Gasteiger partial charge in [-0.1, -0.05) is 107 Å². The lowest BCUT2D eigenvalue weighted by atomic mass is 10.0. The third-order valence-corrected chi connectivity index (χ3v) is 4.70. The van der Waals surface area contributed by atoms with E-state index in [0.717, 1.165) is 12.8 Å². The number of benzene rings is 1. The SMILES string of the molecule is [O]CCCCCCCCCCCCCCCCc1ccccc1. The van der Waals surface area contributed by atoms with Gasteiger partial charge in [0.25, 0.3) is 0 Å². The van der Waals surface area contributed by atoms with Crippen molar-refractivity contribution in [3.8, 4) is 0 Å². The van der Waals surface area contributed by atoms with Gasteiger partial charge in [0.2, 0.25) is 0 Å². The minimum atomic E-state index is 0.117. The van der Waals surface area contributed by atoms with Gasteiger partial charge in [-0.2, -0.15) is 0 Å². The van der Waals surface area contributed by atoms with Crippen molar-refractivity contribution in [1.29, 1.82) is 0 Å². The second-order valence-corrected chi connectivity index (χ2v) is 6.89. The summed E-state index contributed by atoms with van der Waals surface area (Å²) in [5.74, 6) is 0. The molecule has 1 heteroatoms. The predicted molar refractivity (Wildman–Crippen MR) is 100 cm³/mol. The van der Waals surface area contributed by atoms with Crippen LogP contribution in [-0.2, 0) is 11.5 Å². The Bertz CT molecular complexity index is 333. The van der Waals surface area contributed by atoms with E-state index in [-0.39, 0.29) is 6.61 Å². The predicted octanol–water partition coefficient (Wildman–Crippen LogP) is 7.12. The van der Waals surface area contributed by atoms with Gasteiger partial charge in [0, 0.05) is 0 Å². The Kier molecular flexibility index (Phi) is 14.1. The molecule has 0 bridgehead atoms. The van der Waals surface area contributed by atoms with Crippen LogP contribution in [0.25, 0.3) is 0 Å². The topological polar surface area (TPSA) is 19.9 Å². The van der Waals surface area contributed by atoms with Crippen LogP contribution < -0.4 is 0 Å². The third-order valence-electron chi connectivity index (χ3n) is 4.70. The highest BCUT2D eigenvalue weighted by molar-refractivity contribution is 5.14. The molecule has 0 spiro atoms. The van der Waals surface area contributed by atoms with E-state index in [2.05, 4.69) is 30.3 Å². The van der Waals surface area contributed by atoms with Crippen molar-refractivity contribution in [3.63, 3.8) is 0 Å². The molecule has 0 aliphatic carbocycles. The molecule has 0 atom stereocenters. The minimum absolute atomic E-state index is 0.117. The van der Waals surface area contributed by atoms with Crippen LogP contribution in [0.2, 0.25) is 0 Å². The fourth-order valence-electron chi connectivity index (χ4n) is 3.20. The summed E-state index contributed by atoms with van der Waals surface area (Å²) in [6.07, 6.45) is 19.9. The maximum atomic E-state index is 10.3. The first kappa shape index (κ1) is 20.2. The van der Waals surface area contributed by atoms with Crippen molar-refractivity contribution >= 4 is 0 Å². The monoisotopic (exact) mass is 317 g/mol. The largest absolute Gasteiger partial charge is 0.237 e. The summed E-state index contributed by atoms with van der Waals surface area (Å²) >= 11 is 0. The van der Waals surface area contributed by atoms with Crippen LogP contribution in [0.1, 0.15) is 95.5 Å². The molecular formula is C22H37O. The summed E-state index contributed by atoms with van der Waals surface area (Å²) in [6.45, 7) is 0.117. The zero-order valence-corrected chi connectivity index (χ0v) is 15.1. The molecule has 1 aromatic rings. The van der Waals surface area contributed by atoms with Crippen molar-refractivity contribution in [3.05, 3.63) is 35.9 Å². The van der Waals surface area contributed by atoms with Crippen LogP contribution in [0.4, 0.5) is 0 Å². The first-order valence-electron chi connectivity index (χ1n) is 10.1. The second kappa shape index (κ2) is 16.1. The van der Waals surface area contributed by atoms with Crippen LogP contribution in [-0.4, -0.2) is 6.61 Å². The third kappa shape index (κ3) is 13.3. The lowest BCUT2D eigenvalue weighted by Crippen LogP contribution is -1.86. The number of hydrogen-bond donors (Lipinski definition) is 0. The van der Waals surface area contributed by atoms with Gasteiger partial charge in [-0.25, -0.2) is 5.11 Å². The first-order chi connectivity index (χ1) is 11.4. The van der Waals surface area contributed by atoms with Gasteiger partial charge in [0.1, 0.15) is 0 Å². The van der Waals surface area contributed by atoms with E-state index < -0.39 is 0 Å². The molecule has 0 saturated heterocycles. The summed E-state index contributed by atoms with van der Waals surface area (Å²) in [5.41, 5.74) is 1.49. The molecule has 0 unspecified atom stereocenters. The fourth-order valence-corrected chi connectivity index (χ4v) is 3.20. The zero-order valence-electron chi connectivity index (χ0n) is 15.1. The Morgan fingerprint density at radius 3 is 1.30 bits per heavy atom. The van der Waals surface area contributed by atoms with Crippen molar-refractivity contribution in [2.45, 2.75) is 96.3 Å². The van der Waals surface area contributed by atoms with Crippen LogP contribution in [0.15, 0.2) is 30.3 Å². The highest BCUT2D eigenvalue weighted by Gasteiger charge is 1.95. The lowest BCUT2D eigenvalue weighted by molar-refractivity contribution is 0.186. The molecule has 131 valence electrons. The van der Waals surface area contributed by atoms with E-state index in [9.17, 15) is 5.11 Å². The molecule has 0 aromatic heterocycles. The molecule has 0 amide bonds. The Hall–Kier alpha value is -0.820. The molecule has 1 rings (SSSR count). The number of unbranched alkanes of at least 4 members (excludes halogenated alkanes) is 13. The van der Waals surface area contributed by atoms with E-state index in [1.807, 2.05) is 0 Å². The first-order valence-corrected chi connectivity index (χ1v) is 10.1. The average molecular weight is 318 g/mol. The number of aryl methyl sites for hydroxylation is 1. The quantitative estimate of drug-likeness (QED) is 0.289. The van der Waals surface area contributed by atoms with Gasteiger partial charge in [-0.3, -0.25) is 0 Å². The molecule has 23 heavy (non-hydrogen) atoms. The standard InChI is InChI=1S/C22H37O/c23-21-17-12-10-8-6-4-2-1-3-5-7-9-11-14-18-22-19-15-13-16-20-22/h13,15-16,19-20H,1-12,14,17-18,21H2. The van der Waals surface area contributed by atoms with Crippen molar-refractivity contribution < 1.29 is 5.11 Å². The van der Waals surface area contributed by atoms with Gasteiger partial charge in [0.15, 0.2) is 0 Å². The Labute approximate surface area is 144 Å². The summed E-state index contributed by atoms with van der Waals surface area (Å²) in [4.78, 5) is 0. The summed E-state index contributed by atoms with van der Waals surface area (Å²) < 4.78 is 0. The maximum absolute atomic E-state index is 10.3. The summed E-state index contributed by atoms with van der Waals surface area (Å²) in [5, 5.41) is 10.3. The summed E-state index contributed by atoms with van der Waals surface area (Å²) in [7, 11) is 0. The number of rotatable bonds is 16. The molecule has 0 saturated carbocycles. The van der Waals surface area contributed by atoms with Gasteiger partial charge in [-0.15, -0.1) is 0 Å². The molecule has 1 nitrogen and oxygen atoms in total. The van der Waals surface area contributed by atoms with Gasteiger partial charge in [-0.05, 0) is 24.8 Å². The lowest BCUT2D eigenvalue weighted by Gasteiger charge is -2.03. The molecule has 1 radical (unpaired) electrons. The average Bonchev–Trinajstić information content (AvgIpc) is 2.59. The Morgan fingerprint density at radius 2 is 0.870 bits per heavy atom. The minimum Gasteiger partial charge on any atom is -0.237 e. The van der Waals surface area contributed by atoms with Crippen molar-refractivity contribution in [2.75, 3.05) is 6.61 Å². The van der Waals surface area contributed by atoms with E-state index >= 15 is 0 Å². The normalized spacial score (nSPS) is 11.0. The van der Waals surface area contributed by atoms with E-state index in [0.29, 0.717) is 0 Å².